The second-order valence-corrected chi connectivity index (χ2v) is 7.00. The second kappa shape index (κ2) is 5.10. The summed E-state index contributed by atoms with van der Waals surface area (Å²) in [5.41, 5.74) is 10.4. The molecule has 4 heteroatoms. The van der Waals surface area contributed by atoms with Crippen molar-refractivity contribution in [2.24, 2.45) is 5.73 Å². The third-order valence-electron chi connectivity index (χ3n) is 4.59. The van der Waals surface area contributed by atoms with E-state index >= 15 is 0 Å². The molecule has 1 unspecified atom stereocenters. The van der Waals surface area contributed by atoms with Crippen LogP contribution in [0.15, 0.2) is 30.5 Å². The lowest BCUT2D eigenvalue weighted by Crippen LogP contribution is -2.14. The van der Waals surface area contributed by atoms with Gasteiger partial charge in [0.15, 0.2) is 0 Å². The Balaban J connectivity index is 2.31. The predicted molar refractivity (Wildman–Crippen MR) is 89.3 cm³/mol. The molecular weight excluding hydrogens is 296 g/mol. The zero-order chi connectivity index (χ0) is 16.1. The fraction of sp³-hybridized carbons (Fsp3) is 0.333. The number of fused-ring (bicyclic) bond motifs is 1. The number of hydrogen-bond donors (Lipinski definition) is 1. The predicted octanol–water partition coefficient (Wildman–Crippen LogP) is 4.29. The fourth-order valence-corrected chi connectivity index (χ4v) is 4.04. The zero-order valence-corrected chi connectivity index (χ0v) is 13.7. The Hall–Kier alpha value is -1.87. The van der Waals surface area contributed by atoms with Crippen LogP contribution in [-0.2, 0) is 5.41 Å². The van der Waals surface area contributed by atoms with Gasteiger partial charge in [-0.3, -0.25) is 4.79 Å². The van der Waals surface area contributed by atoms with Crippen LogP contribution in [0, 0.1) is 0 Å². The molecule has 3 rings (SSSR count). The number of halogens is 1. The summed E-state index contributed by atoms with van der Waals surface area (Å²) >= 11 is 6.11. The van der Waals surface area contributed by atoms with Crippen molar-refractivity contribution < 1.29 is 4.79 Å². The molecule has 1 aliphatic rings. The maximum atomic E-state index is 11.8. The number of amides is 1. The first kappa shape index (κ1) is 15.0. The van der Waals surface area contributed by atoms with Gasteiger partial charge < -0.3 is 5.73 Å². The number of nitrogens with two attached hydrogens (primary N) is 1. The summed E-state index contributed by atoms with van der Waals surface area (Å²) in [5, 5.41) is 0.160. The van der Waals surface area contributed by atoms with Gasteiger partial charge in [0.1, 0.15) is 5.15 Å². The van der Waals surface area contributed by atoms with Gasteiger partial charge >= 0.3 is 0 Å². The minimum absolute atomic E-state index is 0.133. The van der Waals surface area contributed by atoms with Gasteiger partial charge in [-0.1, -0.05) is 50.6 Å². The van der Waals surface area contributed by atoms with Crippen molar-refractivity contribution in [3.8, 4) is 11.1 Å². The van der Waals surface area contributed by atoms with Gasteiger partial charge in [0.05, 0.1) is 5.56 Å². The number of pyridine rings is 1. The molecule has 1 heterocycles. The van der Waals surface area contributed by atoms with Crippen LogP contribution in [-0.4, -0.2) is 10.9 Å². The van der Waals surface area contributed by atoms with Gasteiger partial charge in [0.2, 0.25) is 0 Å². The van der Waals surface area contributed by atoms with Gasteiger partial charge in [-0.05, 0) is 46.1 Å². The van der Waals surface area contributed by atoms with Crippen molar-refractivity contribution >= 4 is 17.5 Å². The Morgan fingerprint density at radius 1 is 1.32 bits per heavy atom. The highest BCUT2D eigenvalue weighted by Crippen LogP contribution is 2.49. The number of benzene rings is 1. The average Bonchev–Trinajstić information content (AvgIpc) is 2.68. The largest absolute Gasteiger partial charge is 0.365 e. The fourth-order valence-electron chi connectivity index (χ4n) is 3.79. The van der Waals surface area contributed by atoms with Gasteiger partial charge in [0.25, 0.3) is 5.91 Å². The van der Waals surface area contributed by atoms with Gasteiger partial charge in [-0.15, -0.1) is 0 Å². The van der Waals surface area contributed by atoms with Gasteiger partial charge in [-0.2, -0.15) is 0 Å². The van der Waals surface area contributed by atoms with Crippen LogP contribution in [0.3, 0.4) is 0 Å². The van der Waals surface area contributed by atoms with Crippen LogP contribution < -0.4 is 5.73 Å². The van der Waals surface area contributed by atoms with Crippen molar-refractivity contribution in [3.63, 3.8) is 0 Å². The summed E-state index contributed by atoms with van der Waals surface area (Å²) in [7, 11) is 0. The number of nitrogens with zero attached hydrogens (tertiary/aromatic N) is 1. The Morgan fingerprint density at radius 3 is 2.73 bits per heavy atom. The summed E-state index contributed by atoms with van der Waals surface area (Å²) in [5.74, 6) is -0.121. The van der Waals surface area contributed by atoms with E-state index in [1.54, 1.807) is 6.20 Å². The molecule has 1 amide bonds. The molecule has 0 aliphatic heterocycles. The van der Waals surface area contributed by atoms with Crippen molar-refractivity contribution in [1.82, 2.24) is 4.98 Å². The Bertz CT molecular complexity index is 768. The molecule has 3 nitrogen and oxygen atoms in total. The first-order valence-corrected chi connectivity index (χ1v) is 7.79. The highest BCUT2D eigenvalue weighted by molar-refractivity contribution is 6.33. The number of aromatic nitrogens is 1. The molecule has 1 aliphatic carbocycles. The number of carbonyl (C=O) groups excluding carboxylic acids is 1. The lowest BCUT2D eigenvalue weighted by atomic mass is 9.85. The molecule has 0 radical (unpaired) electrons. The number of carbonyl (C=O) groups is 1. The quantitative estimate of drug-likeness (QED) is 0.841. The molecule has 2 aromatic rings. The number of hydrogen-bond acceptors (Lipinski definition) is 2. The Kier molecular flexibility index (Phi) is 3.48. The molecule has 0 saturated heterocycles. The van der Waals surface area contributed by atoms with Gasteiger partial charge in [0, 0.05) is 6.20 Å². The van der Waals surface area contributed by atoms with E-state index in [1.807, 2.05) is 18.2 Å². The molecule has 1 aromatic heterocycles. The molecular formula is C18H19ClN2O. The number of primary amides is 1. The van der Waals surface area contributed by atoms with Crippen molar-refractivity contribution in [1.29, 1.82) is 0 Å². The van der Waals surface area contributed by atoms with Crippen LogP contribution in [0.1, 0.15) is 54.6 Å². The summed E-state index contributed by atoms with van der Waals surface area (Å²) < 4.78 is 0. The molecule has 0 bridgehead atoms. The summed E-state index contributed by atoms with van der Waals surface area (Å²) in [4.78, 5) is 15.8. The minimum atomic E-state index is -0.546. The highest BCUT2D eigenvalue weighted by atomic mass is 35.5. The van der Waals surface area contributed by atoms with Crippen LogP contribution in [0.2, 0.25) is 5.15 Å². The van der Waals surface area contributed by atoms with Crippen LogP contribution in [0.4, 0.5) is 0 Å². The number of rotatable bonds is 2. The molecule has 114 valence electrons. The van der Waals surface area contributed by atoms with Crippen molar-refractivity contribution in [2.45, 2.75) is 38.5 Å². The second-order valence-electron chi connectivity index (χ2n) is 6.64. The van der Waals surface area contributed by atoms with E-state index < -0.39 is 5.91 Å². The third-order valence-corrected chi connectivity index (χ3v) is 4.87. The lowest BCUT2D eigenvalue weighted by Gasteiger charge is -2.19. The van der Waals surface area contributed by atoms with Crippen molar-refractivity contribution in [2.75, 3.05) is 0 Å². The van der Waals surface area contributed by atoms with Gasteiger partial charge in [-0.25, -0.2) is 4.98 Å². The Labute approximate surface area is 135 Å². The summed E-state index contributed by atoms with van der Waals surface area (Å²) in [6.07, 6.45) is 2.71. The topological polar surface area (TPSA) is 56.0 Å². The molecule has 1 atom stereocenters. The molecule has 0 spiro atoms. The lowest BCUT2D eigenvalue weighted by molar-refractivity contribution is 0.100. The molecule has 0 fully saturated rings. The maximum Gasteiger partial charge on any atom is 0.252 e. The first-order valence-electron chi connectivity index (χ1n) is 7.41. The zero-order valence-electron chi connectivity index (χ0n) is 13.0. The van der Waals surface area contributed by atoms with Crippen molar-refractivity contribution in [3.05, 3.63) is 52.3 Å². The normalized spacial score (nSPS) is 19.0. The SMILES string of the molecule is CC1CC(C)(C)c2cccc(-c3ccnc(Cl)c3C(N)=O)c21. The van der Waals surface area contributed by atoms with E-state index in [9.17, 15) is 4.79 Å². The van der Waals surface area contributed by atoms with Crippen LogP contribution in [0.5, 0.6) is 0 Å². The van der Waals surface area contributed by atoms with Crippen LogP contribution >= 0.6 is 11.6 Å². The summed E-state index contributed by atoms with van der Waals surface area (Å²) in [6.45, 7) is 6.74. The minimum Gasteiger partial charge on any atom is -0.365 e. The smallest absolute Gasteiger partial charge is 0.252 e. The highest BCUT2D eigenvalue weighted by Gasteiger charge is 2.36. The maximum absolute atomic E-state index is 11.8. The first-order chi connectivity index (χ1) is 10.3. The molecule has 22 heavy (non-hydrogen) atoms. The van der Waals surface area contributed by atoms with Crippen LogP contribution in [0.25, 0.3) is 11.1 Å². The van der Waals surface area contributed by atoms with E-state index in [1.165, 1.54) is 11.1 Å². The monoisotopic (exact) mass is 314 g/mol. The summed E-state index contributed by atoms with van der Waals surface area (Å²) in [6, 6.07) is 8.07. The van der Waals surface area contributed by atoms with E-state index in [2.05, 4.69) is 31.8 Å². The van der Waals surface area contributed by atoms with E-state index in [0.29, 0.717) is 11.5 Å². The van der Waals surface area contributed by atoms with E-state index in [4.69, 9.17) is 17.3 Å². The molecule has 0 saturated carbocycles. The Morgan fingerprint density at radius 2 is 2.05 bits per heavy atom. The molecule has 1 aromatic carbocycles. The standard InChI is InChI=1S/C18H19ClN2O/c1-10-9-18(2,3)13-6-4-5-11(14(10)13)12-7-8-21-16(19)15(12)17(20)22/h4-8,10H,9H2,1-3H3,(H2,20,22). The third kappa shape index (κ3) is 2.20. The van der Waals surface area contributed by atoms with E-state index in [-0.39, 0.29) is 10.6 Å². The molecule has 2 N–H and O–H groups in total. The van der Waals surface area contributed by atoms with E-state index in [0.717, 1.165) is 17.5 Å². The average molecular weight is 315 g/mol.